The number of hydrogen-bond acceptors (Lipinski definition) is 5. The molecule has 1 aliphatic rings. The summed E-state index contributed by atoms with van der Waals surface area (Å²) in [5, 5.41) is 3.76. The average molecular weight is 351 g/mol. The van der Waals surface area contributed by atoms with Crippen LogP contribution in [-0.4, -0.2) is 55.7 Å². The molecule has 1 fully saturated rings. The van der Waals surface area contributed by atoms with Gasteiger partial charge in [0.1, 0.15) is 0 Å². The summed E-state index contributed by atoms with van der Waals surface area (Å²) in [6, 6.07) is 17.2. The summed E-state index contributed by atoms with van der Waals surface area (Å²) in [6.45, 7) is 2.97. The van der Waals surface area contributed by atoms with Crippen LogP contribution in [0.15, 0.2) is 59.7 Å². The van der Waals surface area contributed by atoms with E-state index in [0.29, 0.717) is 18.8 Å². The molecule has 134 valence electrons. The minimum Gasteiger partial charge on any atom is -0.379 e. The Balaban J connectivity index is 1.51. The third-order valence-electron chi connectivity index (χ3n) is 4.12. The number of amides is 1. The number of Topliss-reactive ketones (excluding diaryl/α,β-unsaturated/α-hetero) is 1. The van der Waals surface area contributed by atoms with E-state index in [0.717, 1.165) is 30.4 Å². The van der Waals surface area contributed by atoms with E-state index in [1.807, 2.05) is 47.4 Å². The average Bonchev–Trinajstić information content (AvgIpc) is 2.69. The number of benzene rings is 2. The second-order valence-corrected chi connectivity index (χ2v) is 5.99. The molecular formula is C20H21N3O3. The number of hydrazone groups is 1. The molecule has 1 saturated heterocycles. The second-order valence-electron chi connectivity index (χ2n) is 5.99. The van der Waals surface area contributed by atoms with Crippen molar-refractivity contribution in [3.8, 4) is 11.1 Å². The number of carbonyl (C=O) groups excluding carboxylic acids is 2. The molecule has 1 amide bonds. The van der Waals surface area contributed by atoms with Gasteiger partial charge in [0.2, 0.25) is 5.78 Å². The van der Waals surface area contributed by atoms with Crippen molar-refractivity contribution in [2.45, 2.75) is 0 Å². The van der Waals surface area contributed by atoms with E-state index < -0.39 is 0 Å². The minimum absolute atomic E-state index is 0.240. The molecule has 0 aromatic heterocycles. The third kappa shape index (κ3) is 5.08. The Bertz CT molecular complexity index is 767. The van der Waals surface area contributed by atoms with Gasteiger partial charge in [0.05, 0.1) is 26.0 Å². The van der Waals surface area contributed by atoms with Crippen molar-refractivity contribution in [2.75, 3.05) is 32.8 Å². The van der Waals surface area contributed by atoms with Gasteiger partial charge in [-0.2, -0.15) is 5.10 Å². The molecule has 0 radical (unpaired) electrons. The fraction of sp³-hybridized carbons (Fsp3) is 0.250. The van der Waals surface area contributed by atoms with Gasteiger partial charge in [0, 0.05) is 18.7 Å². The number of nitrogens with one attached hydrogen (secondary N) is 1. The van der Waals surface area contributed by atoms with Gasteiger partial charge in [-0.1, -0.05) is 54.6 Å². The Morgan fingerprint density at radius 2 is 1.65 bits per heavy atom. The number of ketones is 1. The number of nitrogens with zero attached hydrogens (tertiary/aromatic N) is 2. The highest BCUT2D eigenvalue weighted by Crippen LogP contribution is 2.19. The van der Waals surface area contributed by atoms with Crippen molar-refractivity contribution in [3.05, 3.63) is 60.2 Å². The zero-order valence-corrected chi connectivity index (χ0v) is 14.4. The van der Waals surface area contributed by atoms with Crippen LogP contribution >= 0.6 is 0 Å². The minimum atomic E-state index is -0.253. The van der Waals surface area contributed by atoms with E-state index in [4.69, 9.17) is 4.74 Å². The number of rotatable bonds is 6. The zero-order valence-electron chi connectivity index (χ0n) is 14.4. The first-order chi connectivity index (χ1) is 12.7. The van der Waals surface area contributed by atoms with Crippen molar-refractivity contribution in [1.82, 2.24) is 10.3 Å². The fourth-order valence-corrected chi connectivity index (χ4v) is 2.69. The monoisotopic (exact) mass is 351 g/mol. The van der Waals surface area contributed by atoms with Gasteiger partial charge in [-0.05, 0) is 11.1 Å². The number of ether oxygens (including phenoxy) is 1. The van der Waals surface area contributed by atoms with Crippen LogP contribution in [0.5, 0.6) is 0 Å². The van der Waals surface area contributed by atoms with Crippen molar-refractivity contribution >= 4 is 17.9 Å². The van der Waals surface area contributed by atoms with Crippen LogP contribution in [0.1, 0.15) is 10.4 Å². The van der Waals surface area contributed by atoms with Gasteiger partial charge in [-0.15, -0.1) is 0 Å². The van der Waals surface area contributed by atoms with Crippen LogP contribution in [-0.2, 0) is 9.53 Å². The topological polar surface area (TPSA) is 71.0 Å². The van der Waals surface area contributed by atoms with Gasteiger partial charge in [0.25, 0.3) is 5.91 Å². The third-order valence-corrected chi connectivity index (χ3v) is 4.12. The molecule has 26 heavy (non-hydrogen) atoms. The molecule has 1 N–H and O–H groups in total. The molecular weight excluding hydrogens is 330 g/mol. The van der Waals surface area contributed by atoms with E-state index in [1.165, 1.54) is 0 Å². The summed E-state index contributed by atoms with van der Waals surface area (Å²) in [7, 11) is 0. The Morgan fingerprint density at radius 1 is 1.00 bits per heavy atom. The Hall–Kier alpha value is -2.83. The predicted octanol–water partition coefficient (Wildman–Crippen LogP) is 1.97. The van der Waals surface area contributed by atoms with Crippen LogP contribution in [0.4, 0.5) is 0 Å². The predicted molar refractivity (Wildman–Crippen MR) is 100 cm³/mol. The maximum atomic E-state index is 12.1. The summed E-state index contributed by atoms with van der Waals surface area (Å²) in [5.74, 6) is -0.494. The molecule has 2 aromatic rings. The molecule has 0 aliphatic carbocycles. The smallest absolute Gasteiger partial charge is 0.254 e. The Labute approximate surface area is 152 Å². The molecule has 0 bridgehead atoms. The molecule has 1 heterocycles. The first-order valence-corrected chi connectivity index (χ1v) is 8.54. The standard InChI is InChI=1S/C20H21N3O3/c24-19(14-21-22-20(25)15-23-10-12-26-13-11-23)18-8-6-17(7-9-18)16-4-2-1-3-5-16/h1-9,14H,10-13,15H2,(H,22,25)/b21-14+. The zero-order chi connectivity index (χ0) is 18.2. The Kier molecular flexibility index (Phi) is 6.24. The van der Waals surface area contributed by atoms with E-state index in [9.17, 15) is 9.59 Å². The maximum Gasteiger partial charge on any atom is 0.254 e. The lowest BCUT2D eigenvalue weighted by Gasteiger charge is -2.25. The van der Waals surface area contributed by atoms with Crippen molar-refractivity contribution in [2.24, 2.45) is 5.10 Å². The highest BCUT2D eigenvalue weighted by Gasteiger charge is 2.13. The molecule has 0 unspecified atom stereocenters. The lowest BCUT2D eigenvalue weighted by molar-refractivity contribution is -0.123. The summed E-state index contributed by atoms with van der Waals surface area (Å²) < 4.78 is 5.23. The van der Waals surface area contributed by atoms with Gasteiger partial charge in [0.15, 0.2) is 0 Å². The van der Waals surface area contributed by atoms with Crippen LogP contribution in [0.2, 0.25) is 0 Å². The quantitative estimate of drug-likeness (QED) is 0.491. The van der Waals surface area contributed by atoms with Crippen LogP contribution in [0.3, 0.4) is 0 Å². The number of morpholine rings is 1. The van der Waals surface area contributed by atoms with E-state index in [2.05, 4.69) is 10.5 Å². The fourth-order valence-electron chi connectivity index (χ4n) is 2.69. The van der Waals surface area contributed by atoms with Crippen molar-refractivity contribution in [3.63, 3.8) is 0 Å². The Morgan fingerprint density at radius 3 is 2.35 bits per heavy atom. The van der Waals surface area contributed by atoms with Gasteiger partial charge >= 0.3 is 0 Å². The van der Waals surface area contributed by atoms with Gasteiger partial charge in [-0.25, -0.2) is 5.43 Å². The number of carbonyl (C=O) groups is 2. The van der Waals surface area contributed by atoms with Crippen molar-refractivity contribution < 1.29 is 14.3 Å². The molecule has 0 atom stereocenters. The molecule has 6 nitrogen and oxygen atoms in total. The normalized spacial score (nSPS) is 15.1. The summed E-state index contributed by atoms with van der Waals surface area (Å²) in [5.41, 5.74) is 5.05. The van der Waals surface area contributed by atoms with Gasteiger partial charge < -0.3 is 4.74 Å². The molecule has 6 heteroatoms. The summed E-state index contributed by atoms with van der Waals surface area (Å²) in [4.78, 5) is 25.9. The largest absolute Gasteiger partial charge is 0.379 e. The molecule has 0 spiro atoms. The second kappa shape index (κ2) is 9.03. The van der Waals surface area contributed by atoms with E-state index in [1.54, 1.807) is 12.1 Å². The molecule has 2 aromatic carbocycles. The lowest BCUT2D eigenvalue weighted by Crippen LogP contribution is -2.42. The number of hydrogen-bond donors (Lipinski definition) is 1. The highest BCUT2D eigenvalue weighted by molar-refractivity contribution is 6.35. The van der Waals surface area contributed by atoms with Crippen LogP contribution in [0, 0.1) is 0 Å². The summed E-state index contributed by atoms with van der Waals surface area (Å²) >= 11 is 0. The first kappa shape index (κ1) is 18.0. The van der Waals surface area contributed by atoms with Crippen LogP contribution < -0.4 is 5.43 Å². The van der Waals surface area contributed by atoms with Gasteiger partial charge in [-0.3, -0.25) is 14.5 Å². The first-order valence-electron chi connectivity index (χ1n) is 8.54. The van der Waals surface area contributed by atoms with Crippen LogP contribution in [0.25, 0.3) is 11.1 Å². The van der Waals surface area contributed by atoms with E-state index >= 15 is 0 Å². The van der Waals surface area contributed by atoms with E-state index in [-0.39, 0.29) is 18.2 Å². The molecule has 0 saturated carbocycles. The SMILES string of the molecule is O=C(CN1CCOCC1)N/N=C/C(=O)c1ccc(-c2ccccc2)cc1. The molecule has 1 aliphatic heterocycles. The highest BCUT2D eigenvalue weighted by atomic mass is 16.5. The lowest BCUT2D eigenvalue weighted by atomic mass is 10.0. The summed E-state index contributed by atoms with van der Waals surface area (Å²) in [6.07, 6.45) is 1.13. The van der Waals surface area contributed by atoms with Crippen molar-refractivity contribution in [1.29, 1.82) is 0 Å². The maximum absolute atomic E-state index is 12.1. The molecule has 3 rings (SSSR count).